The first-order valence-electron chi connectivity index (χ1n) is 14.1. The Kier molecular flexibility index (Phi) is 35.5. The molecule has 236 valence electrons. The van der Waals surface area contributed by atoms with Gasteiger partial charge < -0.3 is 0 Å². The molecule has 0 saturated heterocycles. The van der Waals surface area contributed by atoms with Crippen molar-refractivity contribution in [2.24, 2.45) is 23.7 Å². The van der Waals surface area contributed by atoms with Crippen LogP contribution in [-0.2, 0) is 64.6 Å². The van der Waals surface area contributed by atoms with Crippen LogP contribution in [0.1, 0.15) is 134 Å². The van der Waals surface area contributed by atoms with Crippen molar-refractivity contribution in [3.8, 4) is 0 Å². The van der Waals surface area contributed by atoms with Crippen LogP contribution in [0.4, 0.5) is 0 Å². The van der Waals surface area contributed by atoms with Crippen molar-refractivity contribution < 1.29 is 64.6 Å². The van der Waals surface area contributed by atoms with E-state index in [0.29, 0.717) is 49.4 Å². The van der Waals surface area contributed by atoms with Crippen LogP contribution in [0.5, 0.6) is 0 Å². The van der Waals surface area contributed by atoms with Crippen molar-refractivity contribution in [3.63, 3.8) is 0 Å². The third kappa shape index (κ3) is 54.9. The van der Waals surface area contributed by atoms with Crippen molar-refractivity contribution in [2.45, 2.75) is 134 Å². The van der Waals surface area contributed by atoms with E-state index in [9.17, 15) is 38.4 Å². The van der Waals surface area contributed by atoms with Gasteiger partial charge in [0.05, 0.1) is 25.7 Å². The molecule has 0 atom stereocenters. The van der Waals surface area contributed by atoms with E-state index in [1.807, 2.05) is 55.4 Å². The van der Waals surface area contributed by atoms with Gasteiger partial charge in [-0.05, 0) is 51.4 Å². The summed E-state index contributed by atoms with van der Waals surface area (Å²) in [6, 6.07) is 0. The van der Waals surface area contributed by atoms with Crippen LogP contribution >= 0.6 is 0 Å². The molecule has 0 bridgehead atoms. The molecule has 0 saturated carbocycles. The van der Waals surface area contributed by atoms with Crippen LogP contribution in [0.3, 0.4) is 0 Å². The van der Waals surface area contributed by atoms with E-state index in [1.54, 1.807) is 0 Å². The fourth-order valence-corrected chi connectivity index (χ4v) is 3.22. The van der Waals surface area contributed by atoms with Crippen LogP contribution in [0.15, 0.2) is 0 Å². The topological polar surface area (TPSA) is 137 Å². The first-order chi connectivity index (χ1) is 18.1. The third-order valence-electron chi connectivity index (χ3n) is 4.33. The molecule has 0 N–H and O–H groups in total. The SMILES string of the molecule is CC(=O)CC(=O)CC(C)C.CC(=O)CC(=O)CC(C)C.CC(=O)CC(=O)CC(C)C.CC(=O)CC(=O)CC(C)C.[Zr]. The number of hydrogen-bond donors (Lipinski definition) is 0. The molecule has 0 aromatic heterocycles. The van der Waals surface area contributed by atoms with Gasteiger partial charge in [0.2, 0.25) is 0 Å². The normalized spacial score (nSPS) is 9.76. The van der Waals surface area contributed by atoms with Gasteiger partial charge in [-0.3, -0.25) is 38.4 Å². The van der Waals surface area contributed by atoms with Crippen LogP contribution in [-0.4, -0.2) is 46.3 Å². The summed E-state index contributed by atoms with van der Waals surface area (Å²) in [5.74, 6) is 1.56. The van der Waals surface area contributed by atoms with Gasteiger partial charge in [0.1, 0.15) is 46.3 Å². The Hall–Kier alpha value is -1.76. The average Bonchev–Trinajstić information content (AvgIpc) is 2.63. The zero-order valence-corrected chi connectivity index (χ0v) is 30.2. The second kappa shape index (κ2) is 29.7. The van der Waals surface area contributed by atoms with Gasteiger partial charge in [0.25, 0.3) is 0 Å². The summed E-state index contributed by atoms with van der Waals surface area (Å²) in [6.45, 7) is 21.5. The quantitative estimate of drug-likeness (QED) is 0.176. The van der Waals surface area contributed by atoms with Gasteiger partial charge in [-0.25, -0.2) is 0 Å². The predicted molar refractivity (Wildman–Crippen MR) is 159 cm³/mol. The summed E-state index contributed by atoms with van der Waals surface area (Å²) in [6.07, 6.45) is 2.55. The average molecular weight is 660 g/mol. The molecule has 0 radical (unpaired) electrons. The summed E-state index contributed by atoms with van der Waals surface area (Å²) in [5, 5.41) is 0. The molecule has 0 rings (SSSR count). The van der Waals surface area contributed by atoms with Crippen LogP contribution in [0.2, 0.25) is 0 Å². The minimum Gasteiger partial charge on any atom is -0.300 e. The first-order valence-corrected chi connectivity index (χ1v) is 14.1. The molecule has 8 nitrogen and oxygen atoms in total. The number of ketones is 8. The summed E-state index contributed by atoms with van der Waals surface area (Å²) in [5.41, 5.74) is 0. The number of Topliss-reactive ketones (excluding diaryl/α,β-unsaturated/α-hetero) is 8. The fourth-order valence-electron chi connectivity index (χ4n) is 3.22. The fraction of sp³-hybridized carbons (Fsp3) is 0.750. The number of hydrogen-bond acceptors (Lipinski definition) is 8. The van der Waals surface area contributed by atoms with Crippen LogP contribution in [0.25, 0.3) is 0 Å². The first kappa shape index (κ1) is 48.9. The van der Waals surface area contributed by atoms with E-state index >= 15 is 0 Å². The molecule has 0 fully saturated rings. The monoisotopic (exact) mass is 658 g/mol. The molecule has 0 spiro atoms. The molecule has 0 aromatic carbocycles. The van der Waals surface area contributed by atoms with Gasteiger partial charge in [-0.2, -0.15) is 0 Å². The predicted octanol–water partition coefficient (Wildman–Crippen LogP) is 6.32. The van der Waals surface area contributed by atoms with Gasteiger partial charge in [-0.15, -0.1) is 0 Å². The number of carbonyl (C=O) groups excluding carboxylic acids is 8. The van der Waals surface area contributed by atoms with E-state index in [4.69, 9.17) is 0 Å². The largest absolute Gasteiger partial charge is 0.300 e. The molecule has 9 heteroatoms. The zero-order chi connectivity index (χ0) is 32.6. The molecule has 41 heavy (non-hydrogen) atoms. The van der Waals surface area contributed by atoms with Gasteiger partial charge in [0.15, 0.2) is 0 Å². The minimum absolute atomic E-state index is 0. The molecular formula is C32H56O8Zr. The molecule has 0 aliphatic rings. The maximum atomic E-state index is 10.8. The maximum Gasteiger partial charge on any atom is 0.140 e. The van der Waals surface area contributed by atoms with Gasteiger partial charge >= 0.3 is 0 Å². The van der Waals surface area contributed by atoms with Crippen molar-refractivity contribution in [1.82, 2.24) is 0 Å². The molecule has 0 aliphatic heterocycles. The Labute approximate surface area is 268 Å². The number of carbonyl (C=O) groups is 8. The Morgan fingerprint density at radius 1 is 0.341 bits per heavy atom. The standard InChI is InChI=1S/4C8H14O2.Zr/c4*1-6(2)4-8(10)5-7(3)9;/h4*6H,4-5H2,1-3H3;. The number of rotatable bonds is 16. The van der Waals surface area contributed by atoms with Crippen molar-refractivity contribution in [1.29, 1.82) is 0 Å². The Morgan fingerprint density at radius 2 is 0.463 bits per heavy atom. The molecule has 0 heterocycles. The molecule has 0 amide bonds. The van der Waals surface area contributed by atoms with E-state index < -0.39 is 0 Å². The maximum absolute atomic E-state index is 10.8. The third-order valence-corrected chi connectivity index (χ3v) is 4.33. The van der Waals surface area contributed by atoms with Crippen LogP contribution < -0.4 is 0 Å². The summed E-state index contributed by atoms with van der Waals surface area (Å²) >= 11 is 0. The summed E-state index contributed by atoms with van der Waals surface area (Å²) in [7, 11) is 0. The van der Waals surface area contributed by atoms with E-state index in [0.717, 1.165) is 0 Å². The zero-order valence-electron chi connectivity index (χ0n) is 27.7. The van der Waals surface area contributed by atoms with Gasteiger partial charge in [0, 0.05) is 51.9 Å². The Morgan fingerprint density at radius 3 is 0.537 bits per heavy atom. The summed E-state index contributed by atoms with van der Waals surface area (Å²) in [4.78, 5) is 85.0. The van der Waals surface area contributed by atoms with E-state index in [1.165, 1.54) is 27.7 Å². The Balaban J connectivity index is -0.000000139. The second-order valence-electron chi connectivity index (χ2n) is 12.1. The van der Waals surface area contributed by atoms with Crippen molar-refractivity contribution in [2.75, 3.05) is 0 Å². The van der Waals surface area contributed by atoms with Crippen LogP contribution in [0, 0.1) is 23.7 Å². The van der Waals surface area contributed by atoms with E-state index in [-0.39, 0.29) is 98.2 Å². The molecule has 0 aromatic rings. The molecular weight excluding hydrogens is 604 g/mol. The molecule has 0 aliphatic carbocycles. The molecule has 0 unspecified atom stereocenters. The van der Waals surface area contributed by atoms with Gasteiger partial charge in [-0.1, -0.05) is 55.4 Å². The second-order valence-corrected chi connectivity index (χ2v) is 12.1. The van der Waals surface area contributed by atoms with Crippen molar-refractivity contribution in [3.05, 3.63) is 0 Å². The summed E-state index contributed by atoms with van der Waals surface area (Å²) < 4.78 is 0. The Bertz CT molecular complexity index is 688. The van der Waals surface area contributed by atoms with E-state index in [2.05, 4.69) is 0 Å². The van der Waals surface area contributed by atoms with Crippen molar-refractivity contribution >= 4 is 46.3 Å². The minimum atomic E-state index is -0.0364. The smallest absolute Gasteiger partial charge is 0.140 e.